The highest BCUT2D eigenvalue weighted by Gasteiger charge is 2.54. The van der Waals surface area contributed by atoms with Crippen molar-refractivity contribution >= 4 is 28.3 Å². The third kappa shape index (κ3) is 4.46. The second-order valence-corrected chi connectivity index (χ2v) is 12.8. The van der Waals surface area contributed by atoms with Gasteiger partial charge in [-0.2, -0.15) is 0 Å². The van der Waals surface area contributed by atoms with Crippen molar-refractivity contribution in [1.82, 2.24) is 0 Å². The van der Waals surface area contributed by atoms with E-state index >= 15 is 0 Å². The summed E-state index contributed by atoms with van der Waals surface area (Å²) >= 11 is 0. The first-order valence-electron chi connectivity index (χ1n) is 12.8. The Hall–Kier alpha value is -3.12. The third-order valence-electron chi connectivity index (χ3n) is 7.76. The summed E-state index contributed by atoms with van der Waals surface area (Å²) in [5.74, 6) is -3.04. The van der Waals surface area contributed by atoms with Gasteiger partial charge in [0.25, 0.3) is 0 Å². The minimum absolute atomic E-state index is 0.0238. The Balaban J connectivity index is 1.67. The maximum atomic E-state index is 14.0. The van der Waals surface area contributed by atoms with Crippen LogP contribution < -0.4 is 0 Å². The van der Waals surface area contributed by atoms with Crippen molar-refractivity contribution in [3.8, 4) is 0 Å². The van der Waals surface area contributed by atoms with Gasteiger partial charge in [-0.25, -0.2) is 4.21 Å². The largest absolute Gasteiger partial charge is 0.457 e. The van der Waals surface area contributed by atoms with E-state index < -0.39 is 34.7 Å². The number of ether oxygens (including phenoxy) is 1. The maximum absolute atomic E-state index is 14.0. The molecule has 1 unspecified atom stereocenters. The lowest BCUT2D eigenvalue weighted by atomic mass is 9.58. The highest BCUT2D eigenvalue weighted by Crippen LogP contribution is 2.53. The number of Topliss-reactive ketones (excluding diaryl/α,β-unsaturated/α-hetero) is 1. The van der Waals surface area contributed by atoms with E-state index in [2.05, 4.69) is 39.0 Å². The molecule has 3 aliphatic carbocycles. The summed E-state index contributed by atoms with van der Waals surface area (Å²) in [5, 5.41) is 0. The molecule has 37 heavy (non-hydrogen) atoms. The van der Waals surface area contributed by atoms with Gasteiger partial charge in [0.15, 0.2) is 11.6 Å². The standard InChI is InChI=1S/C31H32O5S/c1-17-9-13-21(14-10-17)37(35)25-16-23(33)28-27-20(15-24(36-18(2)32)29(28)30(25)34)12-11-19-7-6-8-22(26(19)27)31(3,4)5/h6-10,13-16,24,27-29H,11-12H2,1-5H3/t24-,27-,28+,29-,37?/m0/s1. The fourth-order valence-electron chi connectivity index (χ4n) is 6.14. The van der Waals surface area contributed by atoms with Crippen molar-refractivity contribution in [1.29, 1.82) is 0 Å². The number of benzene rings is 2. The van der Waals surface area contributed by atoms with Gasteiger partial charge in [0.2, 0.25) is 0 Å². The van der Waals surface area contributed by atoms with Crippen LogP contribution >= 0.6 is 0 Å². The van der Waals surface area contributed by atoms with E-state index in [1.165, 1.54) is 18.6 Å². The van der Waals surface area contributed by atoms with E-state index in [-0.39, 0.29) is 27.8 Å². The summed E-state index contributed by atoms with van der Waals surface area (Å²) < 4.78 is 19.1. The summed E-state index contributed by atoms with van der Waals surface area (Å²) in [5.41, 5.74) is 5.34. The topological polar surface area (TPSA) is 77.5 Å². The Kier molecular flexibility index (Phi) is 6.43. The average molecular weight is 517 g/mol. The molecule has 0 spiro atoms. The van der Waals surface area contributed by atoms with Gasteiger partial charge in [-0.05, 0) is 60.1 Å². The van der Waals surface area contributed by atoms with Crippen molar-refractivity contribution < 1.29 is 23.3 Å². The molecule has 0 heterocycles. The number of fused-ring (bicyclic) bond motifs is 5. The summed E-state index contributed by atoms with van der Waals surface area (Å²) in [6, 6.07) is 13.4. The highest BCUT2D eigenvalue weighted by molar-refractivity contribution is 7.90. The Labute approximate surface area is 220 Å². The summed E-state index contributed by atoms with van der Waals surface area (Å²) in [6.07, 6.45) is 3.87. The fraction of sp³-hybridized carbons (Fsp3) is 0.387. The molecule has 0 saturated carbocycles. The lowest BCUT2D eigenvalue weighted by molar-refractivity contribution is -0.152. The molecule has 2 aromatic carbocycles. The monoisotopic (exact) mass is 516 g/mol. The number of allylic oxidation sites excluding steroid dienone is 3. The predicted octanol–water partition coefficient (Wildman–Crippen LogP) is 5.27. The lowest BCUT2D eigenvalue weighted by Crippen LogP contribution is -2.50. The van der Waals surface area contributed by atoms with Crippen LogP contribution in [0.15, 0.2) is 70.0 Å². The van der Waals surface area contributed by atoms with Gasteiger partial charge in [-0.15, -0.1) is 0 Å². The fourth-order valence-corrected chi connectivity index (χ4v) is 7.32. The number of ketones is 2. The normalized spacial score (nSPS) is 25.8. The number of carbonyl (C=O) groups excluding carboxylic acids is 3. The summed E-state index contributed by atoms with van der Waals surface area (Å²) in [7, 11) is -1.82. The van der Waals surface area contributed by atoms with Gasteiger partial charge in [0, 0.05) is 29.7 Å². The second kappa shape index (κ2) is 9.32. The van der Waals surface area contributed by atoms with Gasteiger partial charge in [0.05, 0.1) is 21.6 Å². The Morgan fingerprint density at radius 2 is 1.70 bits per heavy atom. The van der Waals surface area contributed by atoms with Crippen LogP contribution in [0.5, 0.6) is 0 Å². The molecular formula is C31H32O5S. The van der Waals surface area contributed by atoms with Crippen molar-refractivity contribution in [3.05, 3.63) is 87.3 Å². The molecule has 0 aromatic heterocycles. The second-order valence-electron chi connectivity index (χ2n) is 11.3. The van der Waals surface area contributed by atoms with Crippen LogP contribution in [-0.4, -0.2) is 27.8 Å². The number of hydrogen-bond donors (Lipinski definition) is 0. The first-order valence-corrected chi connectivity index (χ1v) is 13.9. The zero-order valence-corrected chi connectivity index (χ0v) is 22.7. The van der Waals surface area contributed by atoms with Crippen LogP contribution in [0.4, 0.5) is 0 Å². The molecule has 192 valence electrons. The van der Waals surface area contributed by atoms with Crippen molar-refractivity contribution in [2.45, 2.75) is 69.8 Å². The van der Waals surface area contributed by atoms with Gasteiger partial charge in [-0.3, -0.25) is 14.4 Å². The first kappa shape index (κ1) is 25.5. The number of rotatable bonds is 3. The quantitative estimate of drug-likeness (QED) is 0.410. The van der Waals surface area contributed by atoms with Gasteiger partial charge in [-0.1, -0.05) is 62.2 Å². The number of hydrogen-bond acceptors (Lipinski definition) is 5. The molecule has 0 radical (unpaired) electrons. The number of aryl methyl sites for hydroxylation is 2. The Morgan fingerprint density at radius 1 is 1.00 bits per heavy atom. The smallest absolute Gasteiger partial charge is 0.303 e. The predicted molar refractivity (Wildman–Crippen MR) is 143 cm³/mol. The zero-order valence-electron chi connectivity index (χ0n) is 21.9. The van der Waals surface area contributed by atoms with Crippen LogP contribution in [0.25, 0.3) is 0 Å². The lowest BCUT2D eigenvalue weighted by Gasteiger charge is -2.46. The van der Waals surface area contributed by atoms with Crippen molar-refractivity contribution in [3.63, 3.8) is 0 Å². The van der Waals surface area contributed by atoms with Gasteiger partial charge >= 0.3 is 5.97 Å². The minimum Gasteiger partial charge on any atom is -0.457 e. The van der Waals surface area contributed by atoms with Gasteiger partial charge in [0.1, 0.15) is 6.10 Å². The van der Waals surface area contributed by atoms with Crippen LogP contribution in [-0.2, 0) is 41.8 Å². The van der Waals surface area contributed by atoms with E-state index in [1.807, 2.05) is 25.1 Å². The molecule has 5 rings (SSSR count). The summed E-state index contributed by atoms with van der Waals surface area (Å²) in [6.45, 7) is 9.69. The molecule has 0 bridgehead atoms. The molecule has 3 aliphatic rings. The SMILES string of the molecule is CC(=O)O[C@H]1C=C2CCc3cccc(C(C)(C)C)c3[C@H]2[C@H]2C(=O)C=C(S(=O)c3ccc(C)cc3)C(=O)[C@H]21. The number of carbonyl (C=O) groups is 3. The molecule has 0 amide bonds. The van der Waals surface area contributed by atoms with E-state index in [0.29, 0.717) is 4.90 Å². The first-order chi connectivity index (χ1) is 17.5. The molecule has 0 saturated heterocycles. The maximum Gasteiger partial charge on any atom is 0.303 e. The molecule has 6 heteroatoms. The highest BCUT2D eigenvalue weighted by atomic mass is 32.2. The number of esters is 1. The van der Waals surface area contributed by atoms with Gasteiger partial charge < -0.3 is 4.74 Å². The van der Waals surface area contributed by atoms with E-state index in [4.69, 9.17) is 4.74 Å². The molecule has 0 aliphatic heterocycles. The van der Waals surface area contributed by atoms with Crippen LogP contribution in [0.3, 0.4) is 0 Å². The Bertz CT molecular complexity index is 1390. The van der Waals surface area contributed by atoms with Crippen molar-refractivity contribution in [2.24, 2.45) is 11.8 Å². The van der Waals surface area contributed by atoms with Crippen LogP contribution in [0.1, 0.15) is 62.3 Å². The molecule has 5 atom stereocenters. The van der Waals surface area contributed by atoms with Crippen molar-refractivity contribution in [2.75, 3.05) is 0 Å². The average Bonchev–Trinajstić information content (AvgIpc) is 2.84. The Morgan fingerprint density at radius 3 is 2.35 bits per heavy atom. The van der Waals surface area contributed by atoms with Crippen LogP contribution in [0.2, 0.25) is 0 Å². The molecule has 5 nitrogen and oxygen atoms in total. The van der Waals surface area contributed by atoms with Crippen LogP contribution in [0, 0.1) is 18.8 Å². The molecular weight excluding hydrogens is 484 g/mol. The minimum atomic E-state index is -1.82. The zero-order chi connectivity index (χ0) is 26.6. The molecule has 0 N–H and O–H groups in total. The third-order valence-corrected chi connectivity index (χ3v) is 9.18. The molecule has 0 fully saturated rings. The molecule has 2 aromatic rings. The van der Waals surface area contributed by atoms with E-state index in [9.17, 15) is 18.6 Å². The van der Waals surface area contributed by atoms with E-state index in [1.54, 1.807) is 12.1 Å². The summed E-state index contributed by atoms with van der Waals surface area (Å²) in [4.78, 5) is 40.4. The van der Waals surface area contributed by atoms with E-state index in [0.717, 1.165) is 35.1 Å².